The van der Waals surface area contributed by atoms with Crippen LogP contribution in [0.3, 0.4) is 0 Å². The van der Waals surface area contributed by atoms with E-state index in [1.807, 2.05) is 6.07 Å². The number of anilines is 4. The van der Waals surface area contributed by atoms with E-state index in [-0.39, 0.29) is 24.9 Å². The third-order valence-corrected chi connectivity index (χ3v) is 4.96. The Morgan fingerprint density at radius 3 is 2.83 bits per heavy atom. The molecule has 29 heavy (non-hydrogen) atoms. The fourth-order valence-electron chi connectivity index (χ4n) is 3.49. The Morgan fingerprint density at radius 2 is 2.07 bits per heavy atom. The van der Waals surface area contributed by atoms with Crippen LogP contribution in [-0.2, 0) is 11.3 Å². The maximum atomic E-state index is 12.7. The number of carbonyl (C=O) groups is 2. The van der Waals surface area contributed by atoms with Crippen LogP contribution in [0.5, 0.6) is 0 Å². The van der Waals surface area contributed by atoms with Crippen LogP contribution in [0.4, 0.5) is 23.1 Å². The van der Waals surface area contributed by atoms with Crippen LogP contribution in [0.1, 0.15) is 22.8 Å². The van der Waals surface area contributed by atoms with Gasteiger partial charge in [-0.3, -0.25) is 14.5 Å². The zero-order valence-electron chi connectivity index (χ0n) is 15.8. The van der Waals surface area contributed by atoms with Crippen molar-refractivity contribution in [2.45, 2.75) is 19.5 Å². The molecular weight excluding hydrogens is 368 g/mol. The summed E-state index contributed by atoms with van der Waals surface area (Å²) in [4.78, 5) is 36.6. The first-order chi connectivity index (χ1) is 14.0. The lowest BCUT2D eigenvalue weighted by atomic mass is 10.1. The van der Waals surface area contributed by atoms with Gasteiger partial charge in [0.25, 0.3) is 5.91 Å². The number of amides is 2. The summed E-state index contributed by atoms with van der Waals surface area (Å²) >= 11 is 0. The molecule has 0 unspecified atom stereocenters. The molecule has 2 aliphatic rings. The van der Waals surface area contributed by atoms with Crippen molar-refractivity contribution < 1.29 is 9.59 Å². The minimum atomic E-state index is -0.494. The standard InChI is InChI=1S/C21H18N6O2/c1-4-8-26-13(3)20(29)27(9-5-2)17-12-23-21(25-18(17)26)24-15-6-7-16-14(10-15)11-22-19(16)28/h1-2,6-7,10,12-13H,8-9,11H2,3H3,(H,22,28)(H,23,24,25)/t13-/m1/s1. The molecule has 1 aromatic carbocycles. The second kappa shape index (κ2) is 7.17. The highest BCUT2D eigenvalue weighted by molar-refractivity contribution is 6.05. The van der Waals surface area contributed by atoms with Gasteiger partial charge in [-0.25, -0.2) is 4.98 Å². The number of hydrogen-bond donors (Lipinski definition) is 2. The number of rotatable bonds is 4. The minimum Gasteiger partial charge on any atom is -0.348 e. The zero-order valence-corrected chi connectivity index (χ0v) is 15.8. The normalized spacial score (nSPS) is 17.1. The van der Waals surface area contributed by atoms with Gasteiger partial charge in [-0.1, -0.05) is 11.8 Å². The van der Waals surface area contributed by atoms with Gasteiger partial charge in [0.2, 0.25) is 11.9 Å². The van der Waals surface area contributed by atoms with Gasteiger partial charge < -0.3 is 15.5 Å². The maximum Gasteiger partial charge on any atom is 0.251 e. The van der Waals surface area contributed by atoms with Crippen LogP contribution < -0.4 is 20.4 Å². The van der Waals surface area contributed by atoms with Gasteiger partial charge in [-0.05, 0) is 30.7 Å². The molecule has 8 nitrogen and oxygen atoms in total. The van der Waals surface area contributed by atoms with E-state index >= 15 is 0 Å². The van der Waals surface area contributed by atoms with Crippen molar-refractivity contribution in [3.8, 4) is 24.7 Å². The lowest BCUT2D eigenvalue weighted by molar-refractivity contribution is -0.119. The molecule has 3 heterocycles. The molecule has 0 saturated carbocycles. The van der Waals surface area contributed by atoms with Crippen LogP contribution in [0.25, 0.3) is 0 Å². The number of fused-ring (bicyclic) bond motifs is 2. The number of carbonyl (C=O) groups excluding carboxylic acids is 2. The van der Waals surface area contributed by atoms with E-state index in [1.54, 1.807) is 30.2 Å². The van der Waals surface area contributed by atoms with Crippen LogP contribution in [0.2, 0.25) is 0 Å². The molecule has 0 aliphatic carbocycles. The Balaban J connectivity index is 1.69. The van der Waals surface area contributed by atoms with Gasteiger partial charge in [0.05, 0.1) is 19.3 Å². The van der Waals surface area contributed by atoms with Gasteiger partial charge in [-0.2, -0.15) is 4.98 Å². The second-order valence-corrected chi connectivity index (χ2v) is 6.72. The summed E-state index contributed by atoms with van der Waals surface area (Å²) in [6.07, 6.45) is 12.5. The first kappa shape index (κ1) is 18.3. The van der Waals surface area contributed by atoms with Crippen molar-refractivity contribution in [3.63, 3.8) is 0 Å². The first-order valence-electron chi connectivity index (χ1n) is 9.03. The molecule has 1 atom stereocenters. The summed E-state index contributed by atoms with van der Waals surface area (Å²) < 4.78 is 0. The number of nitrogens with zero attached hydrogens (tertiary/aromatic N) is 4. The number of aromatic nitrogens is 2. The monoisotopic (exact) mass is 386 g/mol. The summed E-state index contributed by atoms with van der Waals surface area (Å²) in [5, 5.41) is 5.94. The molecule has 4 rings (SSSR count). The van der Waals surface area contributed by atoms with Crippen LogP contribution in [0.15, 0.2) is 24.4 Å². The van der Waals surface area contributed by atoms with E-state index in [2.05, 4.69) is 32.4 Å². The average molecular weight is 386 g/mol. The van der Waals surface area contributed by atoms with Gasteiger partial charge in [0, 0.05) is 17.8 Å². The van der Waals surface area contributed by atoms with E-state index in [9.17, 15) is 9.59 Å². The van der Waals surface area contributed by atoms with Crippen molar-refractivity contribution in [1.29, 1.82) is 0 Å². The Bertz CT molecular complexity index is 1100. The van der Waals surface area contributed by atoms with E-state index in [4.69, 9.17) is 12.8 Å². The fraction of sp³-hybridized carbons (Fsp3) is 0.238. The maximum absolute atomic E-state index is 12.7. The molecule has 2 N–H and O–H groups in total. The summed E-state index contributed by atoms with van der Waals surface area (Å²) in [6, 6.07) is 4.94. The quantitative estimate of drug-likeness (QED) is 0.770. The number of benzene rings is 1. The predicted molar refractivity (Wildman–Crippen MR) is 110 cm³/mol. The molecule has 0 fully saturated rings. The molecule has 144 valence electrons. The Morgan fingerprint density at radius 1 is 1.28 bits per heavy atom. The molecule has 0 bridgehead atoms. The van der Waals surface area contributed by atoms with E-state index < -0.39 is 6.04 Å². The molecule has 0 spiro atoms. The molecule has 8 heteroatoms. The summed E-state index contributed by atoms with van der Waals surface area (Å²) in [5.41, 5.74) is 2.85. The largest absolute Gasteiger partial charge is 0.348 e. The van der Waals surface area contributed by atoms with E-state index in [0.717, 1.165) is 11.3 Å². The summed E-state index contributed by atoms with van der Waals surface area (Å²) in [7, 11) is 0. The highest BCUT2D eigenvalue weighted by atomic mass is 16.2. The molecule has 2 amide bonds. The van der Waals surface area contributed by atoms with Crippen molar-refractivity contribution in [2.24, 2.45) is 0 Å². The Labute approximate surface area is 168 Å². The van der Waals surface area contributed by atoms with Crippen molar-refractivity contribution in [3.05, 3.63) is 35.5 Å². The summed E-state index contributed by atoms with van der Waals surface area (Å²) in [6.45, 7) is 2.62. The average Bonchev–Trinajstić information content (AvgIpc) is 3.09. The van der Waals surface area contributed by atoms with E-state index in [1.165, 1.54) is 4.90 Å². The third kappa shape index (κ3) is 3.11. The smallest absolute Gasteiger partial charge is 0.251 e. The lowest BCUT2D eigenvalue weighted by Crippen LogP contribution is -2.52. The highest BCUT2D eigenvalue weighted by Gasteiger charge is 2.36. The number of hydrogen-bond acceptors (Lipinski definition) is 6. The molecule has 1 aromatic heterocycles. The summed E-state index contributed by atoms with van der Waals surface area (Å²) in [5.74, 6) is 5.74. The Hall–Kier alpha value is -4.04. The van der Waals surface area contributed by atoms with Gasteiger partial charge in [0.15, 0.2) is 5.82 Å². The van der Waals surface area contributed by atoms with Gasteiger partial charge in [0.1, 0.15) is 11.7 Å². The van der Waals surface area contributed by atoms with Gasteiger partial charge in [-0.15, -0.1) is 12.8 Å². The Kier molecular flexibility index (Phi) is 4.53. The fourth-order valence-corrected chi connectivity index (χ4v) is 3.49. The second-order valence-electron chi connectivity index (χ2n) is 6.72. The molecule has 0 radical (unpaired) electrons. The van der Waals surface area contributed by atoms with Crippen molar-refractivity contribution in [1.82, 2.24) is 15.3 Å². The number of terminal acetylenes is 2. The predicted octanol–water partition coefficient (Wildman–Crippen LogP) is 1.27. The van der Waals surface area contributed by atoms with Crippen molar-refractivity contribution in [2.75, 3.05) is 28.2 Å². The first-order valence-corrected chi connectivity index (χ1v) is 9.03. The zero-order chi connectivity index (χ0) is 20.5. The number of nitrogens with one attached hydrogen (secondary N) is 2. The van der Waals surface area contributed by atoms with Crippen molar-refractivity contribution >= 4 is 35.0 Å². The lowest BCUT2D eigenvalue weighted by Gasteiger charge is -2.38. The third-order valence-electron chi connectivity index (χ3n) is 4.96. The minimum absolute atomic E-state index is 0.0752. The molecule has 0 saturated heterocycles. The molecule has 2 aromatic rings. The van der Waals surface area contributed by atoms with Crippen LogP contribution in [0, 0.1) is 24.7 Å². The van der Waals surface area contributed by atoms with Crippen LogP contribution >= 0.6 is 0 Å². The van der Waals surface area contributed by atoms with Gasteiger partial charge >= 0.3 is 0 Å². The van der Waals surface area contributed by atoms with E-state index in [0.29, 0.717) is 29.6 Å². The topological polar surface area (TPSA) is 90.5 Å². The van der Waals surface area contributed by atoms with Crippen LogP contribution in [-0.4, -0.2) is 40.9 Å². The molecular formula is C21H18N6O2. The molecule has 2 aliphatic heterocycles. The highest BCUT2D eigenvalue weighted by Crippen LogP contribution is 2.34. The SMILES string of the molecule is C#CCN1C(=O)[C@@H](C)N(CC#C)c2nc(Nc3ccc4c(c3)CNC4=O)ncc21.